The van der Waals surface area contributed by atoms with Gasteiger partial charge in [-0.15, -0.1) is 20.2 Å². The lowest BCUT2D eigenvalue weighted by Gasteiger charge is -2.14. The molecule has 0 heterocycles. The number of hydrogen-bond acceptors (Lipinski definition) is 9. The molecule has 1 aliphatic carbocycles. The molecule has 1 saturated carbocycles. The van der Waals surface area contributed by atoms with Crippen molar-refractivity contribution in [3.63, 3.8) is 0 Å². The molecule has 0 aromatic heterocycles. The smallest absolute Gasteiger partial charge is 0.434 e. The van der Waals surface area contributed by atoms with Gasteiger partial charge in [0.25, 0.3) is 10.2 Å². The van der Waals surface area contributed by atoms with Crippen LogP contribution in [0.3, 0.4) is 0 Å². The van der Waals surface area contributed by atoms with Gasteiger partial charge in [0.05, 0.1) is 6.61 Å². The van der Waals surface area contributed by atoms with Gasteiger partial charge in [-0.05, 0) is 25.7 Å². The summed E-state index contributed by atoms with van der Waals surface area (Å²) in [4.78, 5) is 40.4. The summed E-state index contributed by atoms with van der Waals surface area (Å²) in [5.41, 5.74) is -0.864. The van der Waals surface area contributed by atoms with Gasteiger partial charge in [0.1, 0.15) is 12.2 Å². The molecule has 0 bridgehead atoms. The van der Waals surface area contributed by atoms with Crippen LogP contribution in [-0.2, 0) is 19.1 Å². The molecule has 0 amide bonds. The Hall–Kier alpha value is -2.04. The Morgan fingerprint density at radius 1 is 1.24 bits per heavy atom. The summed E-state index contributed by atoms with van der Waals surface area (Å²) in [5, 5.41) is 18.5. The molecule has 2 unspecified atom stereocenters. The molecule has 12 heteroatoms. The largest absolute Gasteiger partial charge is 0.509 e. The zero-order valence-electron chi connectivity index (χ0n) is 10.9. The van der Waals surface area contributed by atoms with Gasteiger partial charge in [0.15, 0.2) is 5.56 Å². The molecule has 0 spiro atoms. The zero-order valence-corrected chi connectivity index (χ0v) is 11.6. The lowest BCUT2D eigenvalue weighted by atomic mass is 10.1. The molecule has 0 N–H and O–H groups in total. The third-order valence-corrected chi connectivity index (χ3v) is 2.77. The van der Waals surface area contributed by atoms with Crippen molar-refractivity contribution in [2.24, 2.45) is 5.92 Å². The highest BCUT2D eigenvalue weighted by atomic mass is 35.5. The monoisotopic (exact) mass is 328 g/mol. The molecule has 120 valence electrons. The summed E-state index contributed by atoms with van der Waals surface area (Å²) in [7, 11) is 0. The van der Waals surface area contributed by atoms with Crippen molar-refractivity contribution in [3.05, 3.63) is 20.2 Å². The lowest BCUT2D eigenvalue weighted by molar-refractivity contribution is -0.797. The maximum Gasteiger partial charge on any atom is 0.509 e. The molecule has 0 radical (unpaired) electrons. The Morgan fingerprint density at radius 3 is 2.10 bits per heavy atom. The summed E-state index contributed by atoms with van der Waals surface area (Å²) >= 11 is 5.42. The van der Waals surface area contributed by atoms with Crippen LogP contribution in [0.4, 0.5) is 4.79 Å². The fourth-order valence-electron chi connectivity index (χ4n) is 1.99. The molecule has 4 atom stereocenters. The second kappa shape index (κ2) is 7.67. The summed E-state index contributed by atoms with van der Waals surface area (Å²) in [5.74, 6) is -0.391. The van der Waals surface area contributed by atoms with Crippen molar-refractivity contribution >= 4 is 17.8 Å². The highest BCUT2D eigenvalue weighted by Crippen LogP contribution is 2.31. The van der Waals surface area contributed by atoms with Crippen LogP contribution in [0.5, 0.6) is 0 Å². The van der Waals surface area contributed by atoms with E-state index in [0.717, 1.165) is 0 Å². The zero-order chi connectivity index (χ0) is 16.0. The van der Waals surface area contributed by atoms with Crippen molar-refractivity contribution in [1.82, 2.24) is 0 Å². The van der Waals surface area contributed by atoms with Gasteiger partial charge in [0.2, 0.25) is 0 Å². The molecule has 0 saturated heterocycles. The fraction of sp³-hybridized carbons (Fsp3) is 0.889. The van der Waals surface area contributed by atoms with E-state index >= 15 is 0 Å². The Balaban J connectivity index is 2.48. The van der Waals surface area contributed by atoms with Crippen molar-refractivity contribution in [2.45, 2.75) is 37.5 Å². The van der Waals surface area contributed by atoms with Crippen LogP contribution >= 0.6 is 11.6 Å². The highest BCUT2D eigenvalue weighted by molar-refractivity contribution is 6.19. The third-order valence-electron chi connectivity index (χ3n) is 2.68. The van der Waals surface area contributed by atoms with E-state index in [1.807, 2.05) is 0 Å². The minimum Gasteiger partial charge on any atom is -0.434 e. The lowest BCUT2D eigenvalue weighted by Crippen LogP contribution is -2.30. The number of carbonyl (C=O) groups excluding carboxylic acids is 1. The second-order valence-electron chi connectivity index (χ2n) is 4.29. The molecule has 0 aromatic rings. The summed E-state index contributed by atoms with van der Waals surface area (Å²) in [6.07, 6.45) is -3.04. The van der Waals surface area contributed by atoms with Crippen molar-refractivity contribution in [2.75, 3.05) is 6.61 Å². The van der Waals surface area contributed by atoms with E-state index in [1.54, 1.807) is 0 Å². The standard InChI is InChI=1S/C9H13ClN2O9/c1-5(10)19-9(13)18-4-6-2-7(20-11(14)15)8(3-6)21-12(16)17/h5-8H,2-4H2,1H3/t5?,6?,7-,8+. The van der Waals surface area contributed by atoms with Crippen LogP contribution in [0, 0.1) is 26.1 Å². The molecule has 0 aromatic carbocycles. The Morgan fingerprint density at radius 2 is 1.71 bits per heavy atom. The molecule has 21 heavy (non-hydrogen) atoms. The molecule has 1 aliphatic rings. The first-order chi connectivity index (χ1) is 9.77. The van der Waals surface area contributed by atoms with E-state index < -0.39 is 40.0 Å². The fourth-order valence-corrected chi connectivity index (χ4v) is 2.06. The van der Waals surface area contributed by atoms with E-state index in [-0.39, 0.29) is 19.4 Å². The summed E-state index contributed by atoms with van der Waals surface area (Å²) in [6.45, 7) is 1.28. The Bertz CT molecular complexity index is 381. The van der Waals surface area contributed by atoms with Gasteiger partial charge in [-0.3, -0.25) is 0 Å². The first kappa shape index (κ1) is 17.0. The Labute approximate surface area is 123 Å². The van der Waals surface area contributed by atoms with Gasteiger partial charge in [-0.2, -0.15) is 0 Å². The van der Waals surface area contributed by atoms with E-state index in [4.69, 9.17) is 16.3 Å². The minimum absolute atomic E-state index is 0.0726. The SMILES string of the molecule is CC(Cl)OC(=O)OCC1C[C@H](O[N+](=O)[O-])[C@H](O[N+](=O)[O-])C1. The average Bonchev–Trinajstić information content (AvgIpc) is 2.66. The van der Waals surface area contributed by atoms with Gasteiger partial charge < -0.3 is 19.1 Å². The third kappa shape index (κ3) is 6.29. The topological polar surface area (TPSA) is 140 Å². The van der Waals surface area contributed by atoms with Gasteiger partial charge in [0, 0.05) is 0 Å². The quantitative estimate of drug-likeness (QED) is 0.292. The van der Waals surface area contributed by atoms with Crippen molar-refractivity contribution < 1.29 is 34.1 Å². The number of nitrogens with zero attached hydrogens (tertiary/aromatic N) is 2. The maximum atomic E-state index is 11.1. The summed E-state index contributed by atoms with van der Waals surface area (Å²) < 4.78 is 9.27. The highest BCUT2D eigenvalue weighted by Gasteiger charge is 2.40. The average molecular weight is 329 g/mol. The number of rotatable bonds is 7. The van der Waals surface area contributed by atoms with Gasteiger partial charge >= 0.3 is 6.16 Å². The second-order valence-corrected chi connectivity index (χ2v) is 4.91. The van der Waals surface area contributed by atoms with Crippen molar-refractivity contribution in [1.29, 1.82) is 0 Å². The van der Waals surface area contributed by atoms with Crippen LogP contribution in [0.25, 0.3) is 0 Å². The molecule has 0 aliphatic heterocycles. The molecule has 1 fully saturated rings. The van der Waals surface area contributed by atoms with Crippen LogP contribution in [0.15, 0.2) is 0 Å². The first-order valence-corrected chi connectivity index (χ1v) is 6.31. The first-order valence-electron chi connectivity index (χ1n) is 5.87. The summed E-state index contributed by atoms with van der Waals surface area (Å²) in [6, 6.07) is 0. The van der Waals surface area contributed by atoms with Gasteiger partial charge in [-0.25, -0.2) is 4.79 Å². The van der Waals surface area contributed by atoms with Crippen LogP contribution in [0.2, 0.25) is 0 Å². The van der Waals surface area contributed by atoms with E-state index in [2.05, 4.69) is 14.4 Å². The van der Waals surface area contributed by atoms with E-state index in [1.165, 1.54) is 6.92 Å². The normalized spacial score (nSPS) is 25.7. The molecular weight excluding hydrogens is 316 g/mol. The predicted molar refractivity (Wildman–Crippen MR) is 64.2 cm³/mol. The van der Waals surface area contributed by atoms with E-state index in [0.29, 0.717) is 0 Å². The number of hydrogen-bond donors (Lipinski definition) is 0. The maximum absolute atomic E-state index is 11.1. The van der Waals surface area contributed by atoms with Crippen LogP contribution < -0.4 is 0 Å². The van der Waals surface area contributed by atoms with E-state index in [9.17, 15) is 25.0 Å². The number of halogens is 1. The molecule has 11 nitrogen and oxygen atoms in total. The number of ether oxygens (including phenoxy) is 2. The molecular formula is C9H13ClN2O9. The van der Waals surface area contributed by atoms with Crippen molar-refractivity contribution in [3.8, 4) is 0 Å². The number of alkyl halides is 1. The van der Waals surface area contributed by atoms with Crippen LogP contribution in [0.1, 0.15) is 19.8 Å². The predicted octanol–water partition coefficient (Wildman–Crippen LogP) is 1.29. The Kier molecular flexibility index (Phi) is 6.21. The minimum atomic E-state index is -1.10. The number of carbonyl (C=O) groups is 1. The van der Waals surface area contributed by atoms with Gasteiger partial charge in [-0.1, -0.05) is 11.6 Å². The van der Waals surface area contributed by atoms with Crippen LogP contribution in [-0.4, -0.2) is 40.7 Å². The molecule has 1 rings (SSSR count).